The average Bonchev–Trinajstić information content (AvgIpc) is 2.53. The van der Waals surface area contributed by atoms with Gasteiger partial charge in [0.1, 0.15) is 0 Å². The molecule has 16 heavy (non-hydrogen) atoms. The summed E-state index contributed by atoms with van der Waals surface area (Å²) in [6, 6.07) is 1.33. The fourth-order valence-corrected chi connectivity index (χ4v) is 2.32. The molecule has 2 heterocycles. The van der Waals surface area contributed by atoms with E-state index in [1.54, 1.807) is 4.90 Å². The van der Waals surface area contributed by atoms with E-state index in [4.69, 9.17) is 10.00 Å². The van der Waals surface area contributed by atoms with Crippen molar-refractivity contribution in [1.82, 2.24) is 4.90 Å². The van der Waals surface area contributed by atoms with E-state index in [1.165, 1.54) is 6.07 Å². The van der Waals surface area contributed by atoms with Gasteiger partial charge in [-0.25, -0.2) is 0 Å². The van der Waals surface area contributed by atoms with Crippen LogP contribution in [-0.4, -0.2) is 42.9 Å². The van der Waals surface area contributed by atoms with Crippen molar-refractivity contribution in [3.8, 4) is 6.07 Å². The third-order valence-electron chi connectivity index (χ3n) is 3.11. The third kappa shape index (κ3) is 2.47. The van der Waals surface area contributed by atoms with Gasteiger partial charge in [-0.3, -0.25) is 4.90 Å². The van der Waals surface area contributed by atoms with Crippen molar-refractivity contribution in [2.75, 3.05) is 19.6 Å². The Morgan fingerprint density at radius 3 is 2.31 bits per heavy atom. The number of ether oxygens (including phenoxy) is 1. The Hall–Kier alpha value is -0.800. The van der Waals surface area contributed by atoms with Crippen molar-refractivity contribution in [2.24, 2.45) is 5.92 Å². The van der Waals surface area contributed by atoms with E-state index in [-0.39, 0.29) is 18.8 Å². The van der Waals surface area contributed by atoms with Crippen LogP contribution >= 0.6 is 0 Å². The number of alkyl halides is 3. The molecule has 6 heteroatoms. The Kier molecular flexibility index (Phi) is 3.08. The summed E-state index contributed by atoms with van der Waals surface area (Å²) in [6.07, 6.45) is -2.46. The Labute approximate surface area is 91.8 Å². The van der Waals surface area contributed by atoms with E-state index in [2.05, 4.69) is 0 Å². The first kappa shape index (κ1) is 11.7. The summed E-state index contributed by atoms with van der Waals surface area (Å²) in [5.41, 5.74) is 0. The standard InChI is InChI=1S/C10H13F3N2O/c11-10(12,13)7(3-14)4-15-5-8-1-2-9(6-15)16-8/h7-9H,1-2,4-6H2. The van der Waals surface area contributed by atoms with Crippen molar-refractivity contribution in [1.29, 1.82) is 5.26 Å². The molecule has 2 rings (SSSR count). The van der Waals surface area contributed by atoms with Gasteiger partial charge < -0.3 is 4.74 Å². The van der Waals surface area contributed by atoms with E-state index in [0.717, 1.165) is 12.8 Å². The van der Waals surface area contributed by atoms with Crippen LogP contribution in [0.1, 0.15) is 12.8 Å². The molecule has 3 atom stereocenters. The summed E-state index contributed by atoms with van der Waals surface area (Å²) in [7, 11) is 0. The Morgan fingerprint density at radius 1 is 1.31 bits per heavy atom. The molecule has 0 aromatic rings. The van der Waals surface area contributed by atoms with Gasteiger partial charge in [0.25, 0.3) is 0 Å². The molecule has 0 aromatic heterocycles. The highest BCUT2D eigenvalue weighted by Gasteiger charge is 2.43. The van der Waals surface area contributed by atoms with Gasteiger partial charge >= 0.3 is 6.18 Å². The van der Waals surface area contributed by atoms with Crippen LogP contribution in [0.25, 0.3) is 0 Å². The number of rotatable bonds is 2. The topological polar surface area (TPSA) is 36.3 Å². The predicted octanol–water partition coefficient (Wildman–Crippen LogP) is 1.55. The minimum Gasteiger partial charge on any atom is -0.372 e. The first-order chi connectivity index (χ1) is 7.49. The lowest BCUT2D eigenvalue weighted by molar-refractivity contribution is -0.167. The van der Waals surface area contributed by atoms with Gasteiger partial charge in [0.05, 0.1) is 18.3 Å². The molecule has 3 nitrogen and oxygen atoms in total. The number of likely N-dealkylation sites (tertiary alicyclic amines) is 1. The molecule has 2 aliphatic rings. The first-order valence-corrected chi connectivity index (χ1v) is 5.33. The van der Waals surface area contributed by atoms with Crippen molar-refractivity contribution >= 4 is 0 Å². The fourth-order valence-electron chi connectivity index (χ4n) is 2.32. The maximum absolute atomic E-state index is 12.4. The van der Waals surface area contributed by atoms with Crippen LogP contribution in [0.2, 0.25) is 0 Å². The molecule has 3 unspecified atom stereocenters. The van der Waals surface area contributed by atoms with Crippen molar-refractivity contribution in [2.45, 2.75) is 31.2 Å². The maximum atomic E-state index is 12.4. The van der Waals surface area contributed by atoms with Gasteiger partial charge in [0.15, 0.2) is 5.92 Å². The maximum Gasteiger partial charge on any atom is 0.405 e. The number of morpholine rings is 1. The normalized spacial score (nSPS) is 32.4. The molecule has 0 amide bonds. The minimum atomic E-state index is -4.42. The second-order valence-corrected chi connectivity index (χ2v) is 4.40. The number of hydrogen-bond acceptors (Lipinski definition) is 3. The van der Waals surface area contributed by atoms with Crippen molar-refractivity contribution < 1.29 is 17.9 Å². The second kappa shape index (κ2) is 4.22. The van der Waals surface area contributed by atoms with Crippen LogP contribution in [0.4, 0.5) is 13.2 Å². The molecule has 2 bridgehead atoms. The Morgan fingerprint density at radius 2 is 1.88 bits per heavy atom. The molecule has 0 radical (unpaired) electrons. The summed E-state index contributed by atoms with van der Waals surface area (Å²) < 4.78 is 42.7. The number of nitrogens with zero attached hydrogens (tertiary/aromatic N) is 2. The predicted molar refractivity (Wildman–Crippen MR) is 49.5 cm³/mol. The second-order valence-electron chi connectivity index (χ2n) is 4.40. The Balaban J connectivity index is 1.92. The lowest BCUT2D eigenvalue weighted by Crippen LogP contribution is -2.46. The molecule has 2 fully saturated rings. The van der Waals surface area contributed by atoms with Gasteiger partial charge in [-0.05, 0) is 12.8 Å². The van der Waals surface area contributed by atoms with Gasteiger partial charge in [-0.1, -0.05) is 0 Å². The molecule has 0 saturated carbocycles. The molecule has 0 aliphatic carbocycles. The van der Waals surface area contributed by atoms with Gasteiger partial charge in [0, 0.05) is 19.6 Å². The van der Waals surface area contributed by atoms with Gasteiger partial charge in [-0.15, -0.1) is 0 Å². The van der Waals surface area contributed by atoms with E-state index in [0.29, 0.717) is 13.1 Å². The van der Waals surface area contributed by atoms with Crippen molar-refractivity contribution in [3.63, 3.8) is 0 Å². The Bertz CT molecular complexity index is 287. The average molecular weight is 234 g/mol. The number of nitriles is 1. The molecule has 90 valence electrons. The highest BCUT2D eigenvalue weighted by Crippen LogP contribution is 2.30. The van der Waals surface area contributed by atoms with Crippen LogP contribution in [0.5, 0.6) is 0 Å². The van der Waals surface area contributed by atoms with Gasteiger partial charge in [0.2, 0.25) is 0 Å². The third-order valence-corrected chi connectivity index (χ3v) is 3.11. The molecule has 2 saturated heterocycles. The summed E-state index contributed by atoms with van der Waals surface area (Å²) in [5.74, 6) is -1.88. The lowest BCUT2D eigenvalue weighted by atomic mass is 10.1. The highest BCUT2D eigenvalue weighted by molar-refractivity contribution is 4.93. The van der Waals surface area contributed by atoms with E-state index in [1.807, 2.05) is 0 Å². The molecule has 0 spiro atoms. The molecular weight excluding hydrogens is 221 g/mol. The van der Waals surface area contributed by atoms with Gasteiger partial charge in [-0.2, -0.15) is 18.4 Å². The summed E-state index contributed by atoms with van der Waals surface area (Å²) in [6.45, 7) is 0.811. The van der Waals surface area contributed by atoms with Crippen LogP contribution in [0.3, 0.4) is 0 Å². The highest BCUT2D eigenvalue weighted by atomic mass is 19.4. The SMILES string of the molecule is N#CC(CN1CC2CCC(C1)O2)C(F)(F)F. The first-order valence-electron chi connectivity index (χ1n) is 5.33. The molecular formula is C10H13F3N2O. The van der Waals surface area contributed by atoms with E-state index >= 15 is 0 Å². The number of hydrogen-bond donors (Lipinski definition) is 0. The minimum absolute atomic E-state index is 0.0614. The molecule has 0 aromatic carbocycles. The monoisotopic (exact) mass is 234 g/mol. The zero-order valence-electron chi connectivity index (χ0n) is 8.70. The largest absolute Gasteiger partial charge is 0.405 e. The molecule has 0 N–H and O–H groups in total. The molecule has 2 aliphatic heterocycles. The summed E-state index contributed by atoms with van der Waals surface area (Å²) in [5, 5.41) is 8.51. The fraction of sp³-hybridized carbons (Fsp3) is 0.900. The van der Waals surface area contributed by atoms with Crippen molar-refractivity contribution in [3.05, 3.63) is 0 Å². The van der Waals surface area contributed by atoms with Crippen LogP contribution < -0.4 is 0 Å². The number of fused-ring (bicyclic) bond motifs is 2. The van der Waals surface area contributed by atoms with Crippen LogP contribution in [-0.2, 0) is 4.74 Å². The zero-order chi connectivity index (χ0) is 11.8. The quantitative estimate of drug-likeness (QED) is 0.727. The zero-order valence-corrected chi connectivity index (χ0v) is 8.70. The smallest absolute Gasteiger partial charge is 0.372 e. The summed E-state index contributed by atoms with van der Waals surface area (Å²) in [4.78, 5) is 1.70. The van der Waals surface area contributed by atoms with E-state index < -0.39 is 12.1 Å². The van der Waals surface area contributed by atoms with Crippen LogP contribution in [0.15, 0.2) is 0 Å². The van der Waals surface area contributed by atoms with Crippen LogP contribution in [0, 0.1) is 17.2 Å². The van der Waals surface area contributed by atoms with E-state index in [9.17, 15) is 13.2 Å². The lowest BCUT2D eigenvalue weighted by Gasteiger charge is -2.33. The number of halogens is 3. The summed E-state index contributed by atoms with van der Waals surface area (Å²) >= 11 is 0.